The molecule has 1 fully saturated rings. The number of nitrogens with one attached hydrogen (secondary N) is 1. The zero-order valence-corrected chi connectivity index (χ0v) is 16.2. The number of carbonyl (C=O) groups is 1. The predicted octanol–water partition coefficient (Wildman–Crippen LogP) is 2.75. The minimum Gasteiger partial charge on any atom is -0.471 e. The normalized spacial score (nSPS) is 20.3. The quantitative estimate of drug-likeness (QED) is 0.784. The van der Waals surface area contributed by atoms with Crippen LogP contribution in [0.4, 0.5) is 4.79 Å². The van der Waals surface area contributed by atoms with Gasteiger partial charge >= 0.3 is 6.03 Å². The minimum absolute atomic E-state index is 0.0418. The molecule has 1 saturated heterocycles. The van der Waals surface area contributed by atoms with Crippen LogP contribution >= 0.6 is 0 Å². The molecule has 0 saturated carbocycles. The third-order valence-corrected chi connectivity index (χ3v) is 6.19. The van der Waals surface area contributed by atoms with Crippen molar-refractivity contribution in [2.45, 2.75) is 52.3 Å². The van der Waals surface area contributed by atoms with E-state index in [1.807, 2.05) is 31.2 Å². The van der Waals surface area contributed by atoms with Crippen molar-refractivity contribution >= 4 is 15.9 Å². The van der Waals surface area contributed by atoms with Crippen molar-refractivity contribution in [1.82, 2.24) is 10.2 Å². The van der Waals surface area contributed by atoms with Gasteiger partial charge in [-0.1, -0.05) is 26.0 Å². The number of ether oxygens (including phenoxy) is 1. The summed E-state index contributed by atoms with van der Waals surface area (Å²) in [4.78, 5) is 14.0. The average Bonchev–Trinajstić information content (AvgIpc) is 2.88. The lowest BCUT2D eigenvalue weighted by Crippen LogP contribution is -2.50. The van der Waals surface area contributed by atoms with E-state index in [0.717, 1.165) is 0 Å². The molecule has 0 aromatic heterocycles. The van der Waals surface area contributed by atoms with Crippen LogP contribution in [0, 0.1) is 0 Å². The standard InChI is InChI=1S/C18H28N2O4S/c1-5-20(16-10-11-25(22,23)12-16)18(21)19-14(4)24-17-8-6-15(7-9-17)13(2)3/h6-9,13-14,16H,5,10-12H2,1-4H3,(H,19,21). The lowest BCUT2D eigenvalue weighted by molar-refractivity contribution is 0.145. The van der Waals surface area contributed by atoms with Crippen LogP contribution in [0.3, 0.4) is 0 Å². The van der Waals surface area contributed by atoms with Gasteiger partial charge in [-0.05, 0) is 43.9 Å². The van der Waals surface area contributed by atoms with E-state index >= 15 is 0 Å². The summed E-state index contributed by atoms with van der Waals surface area (Å²) in [6, 6.07) is 7.24. The zero-order valence-electron chi connectivity index (χ0n) is 15.4. The highest BCUT2D eigenvalue weighted by molar-refractivity contribution is 7.91. The number of amides is 2. The van der Waals surface area contributed by atoms with Crippen molar-refractivity contribution in [2.24, 2.45) is 0 Å². The third-order valence-electron chi connectivity index (χ3n) is 4.44. The number of urea groups is 1. The van der Waals surface area contributed by atoms with E-state index in [4.69, 9.17) is 4.74 Å². The van der Waals surface area contributed by atoms with Gasteiger partial charge in [0.2, 0.25) is 0 Å². The van der Waals surface area contributed by atoms with Crippen molar-refractivity contribution in [2.75, 3.05) is 18.1 Å². The summed E-state index contributed by atoms with van der Waals surface area (Å²) in [6.07, 6.45) is -0.0142. The van der Waals surface area contributed by atoms with Crippen molar-refractivity contribution in [3.63, 3.8) is 0 Å². The molecule has 2 rings (SSSR count). The molecule has 1 heterocycles. The van der Waals surface area contributed by atoms with Gasteiger partial charge in [-0.15, -0.1) is 0 Å². The van der Waals surface area contributed by atoms with Gasteiger partial charge in [0.05, 0.1) is 11.5 Å². The highest BCUT2D eigenvalue weighted by Gasteiger charge is 2.34. The molecule has 1 aliphatic rings. The Morgan fingerprint density at radius 1 is 1.28 bits per heavy atom. The van der Waals surface area contributed by atoms with Crippen LogP contribution in [-0.4, -0.2) is 49.7 Å². The molecule has 1 aromatic rings. The SMILES string of the molecule is CCN(C(=O)NC(C)Oc1ccc(C(C)C)cc1)C1CCS(=O)(=O)C1. The Hall–Kier alpha value is -1.76. The highest BCUT2D eigenvalue weighted by atomic mass is 32.2. The third kappa shape index (κ3) is 5.36. The molecule has 140 valence electrons. The molecule has 7 heteroatoms. The van der Waals surface area contributed by atoms with Gasteiger partial charge < -0.3 is 15.0 Å². The monoisotopic (exact) mass is 368 g/mol. The Bertz CT molecular complexity index is 686. The molecule has 0 aliphatic carbocycles. The highest BCUT2D eigenvalue weighted by Crippen LogP contribution is 2.20. The fourth-order valence-corrected chi connectivity index (χ4v) is 4.74. The molecule has 25 heavy (non-hydrogen) atoms. The maximum atomic E-state index is 12.5. The summed E-state index contributed by atoms with van der Waals surface area (Å²) in [5.41, 5.74) is 1.23. The molecule has 0 spiro atoms. The second kappa shape index (κ2) is 8.08. The number of rotatable bonds is 6. The molecule has 1 aromatic carbocycles. The first-order valence-corrected chi connectivity index (χ1v) is 10.6. The number of hydrogen-bond donors (Lipinski definition) is 1. The maximum absolute atomic E-state index is 12.5. The van der Waals surface area contributed by atoms with Crippen molar-refractivity contribution in [3.05, 3.63) is 29.8 Å². The van der Waals surface area contributed by atoms with E-state index in [1.54, 1.807) is 11.8 Å². The second-order valence-corrected chi connectivity index (χ2v) is 9.00. The Morgan fingerprint density at radius 3 is 2.40 bits per heavy atom. The van der Waals surface area contributed by atoms with E-state index in [1.165, 1.54) is 5.56 Å². The van der Waals surface area contributed by atoms with E-state index in [9.17, 15) is 13.2 Å². The summed E-state index contributed by atoms with van der Waals surface area (Å²) in [5.74, 6) is 1.33. The van der Waals surface area contributed by atoms with Gasteiger partial charge in [-0.2, -0.15) is 0 Å². The van der Waals surface area contributed by atoms with Crippen LogP contribution in [0.25, 0.3) is 0 Å². The second-order valence-electron chi connectivity index (χ2n) is 6.78. The molecule has 2 atom stereocenters. The van der Waals surface area contributed by atoms with Gasteiger partial charge in [-0.3, -0.25) is 0 Å². The molecular weight excluding hydrogens is 340 g/mol. The lowest BCUT2D eigenvalue weighted by atomic mass is 10.0. The van der Waals surface area contributed by atoms with E-state index < -0.39 is 16.1 Å². The van der Waals surface area contributed by atoms with Crippen LogP contribution in [0.5, 0.6) is 5.75 Å². The fourth-order valence-electron chi connectivity index (χ4n) is 3.01. The van der Waals surface area contributed by atoms with Crippen molar-refractivity contribution < 1.29 is 17.9 Å². The van der Waals surface area contributed by atoms with Crippen molar-refractivity contribution in [3.8, 4) is 5.75 Å². The first kappa shape index (κ1) is 19.6. The van der Waals surface area contributed by atoms with Crippen molar-refractivity contribution in [1.29, 1.82) is 0 Å². The first-order valence-electron chi connectivity index (χ1n) is 8.76. The lowest BCUT2D eigenvalue weighted by Gasteiger charge is -2.28. The van der Waals surface area contributed by atoms with Gasteiger partial charge in [0.25, 0.3) is 0 Å². The number of carbonyl (C=O) groups excluding carboxylic acids is 1. The Labute approximate surface area is 150 Å². The van der Waals surface area contributed by atoms with E-state index in [-0.39, 0.29) is 23.6 Å². The maximum Gasteiger partial charge on any atom is 0.320 e. The topological polar surface area (TPSA) is 75.7 Å². The Morgan fingerprint density at radius 2 is 1.92 bits per heavy atom. The van der Waals surface area contributed by atoms with Gasteiger partial charge in [0.1, 0.15) is 5.75 Å². The number of sulfone groups is 1. The summed E-state index contributed by atoms with van der Waals surface area (Å²) in [5, 5.41) is 2.79. The first-order chi connectivity index (χ1) is 11.7. The van der Waals surface area contributed by atoms with Crippen LogP contribution in [0.2, 0.25) is 0 Å². The number of benzene rings is 1. The fraction of sp³-hybridized carbons (Fsp3) is 0.611. The average molecular weight is 368 g/mol. The largest absolute Gasteiger partial charge is 0.471 e. The van der Waals surface area contributed by atoms with Crippen LogP contribution in [0.1, 0.15) is 45.6 Å². The molecule has 1 aliphatic heterocycles. The molecule has 2 amide bonds. The summed E-state index contributed by atoms with van der Waals surface area (Å²) >= 11 is 0. The van der Waals surface area contributed by atoms with Crippen LogP contribution in [0.15, 0.2) is 24.3 Å². The Kier molecular flexibility index (Phi) is 6.32. The summed E-state index contributed by atoms with van der Waals surface area (Å²) in [7, 11) is -3.03. The minimum atomic E-state index is -3.03. The van der Waals surface area contributed by atoms with E-state index in [2.05, 4.69) is 19.2 Å². The Balaban J connectivity index is 1.92. The zero-order chi connectivity index (χ0) is 18.6. The molecule has 0 bridgehead atoms. The van der Waals surface area contributed by atoms with Crippen LogP contribution in [-0.2, 0) is 9.84 Å². The summed E-state index contributed by atoms with van der Waals surface area (Å²) < 4.78 is 29.0. The van der Waals surface area contributed by atoms with Gasteiger partial charge in [0.15, 0.2) is 16.1 Å². The molecule has 2 unspecified atom stereocenters. The van der Waals surface area contributed by atoms with Gasteiger partial charge in [-0.25, -0.2) is 13.2 Å². The number of nitrogens with zero attached hydrogens (tertiary/aromatic N) is 1. The van der Waals surface area contributed by atoms with Crippen LogP contribution < -0.4 is 10.1 Å². The predicted molar refractivity (Wildman–Crippen MR) is 98.6 cm³/mol. The summed E-state index contributed by atoms with van der Waals surface area (Å²) in [6.45, 7) is 8.32. The van der Waals surface area contributed by atoms with E-state index in [0.29, 0.717) is 24.6 Å². The van der Waals surface area contributed by atoms with Gasteiger partial charge in [0, 0.05) is 12.6 Å². The molecule has 0 radical (unpaired) electrons. The smallest absolute Gasteiger partial charge is 0.320 e. The number of hydrogen-bond acceptors (Lipinski definition) is 4. The molecule has 1 N–H and O–H groups in total. The molecular formula is C18H28N2O4S. The molecule has 6 nitrogen and oxygen atoms in total.